The lowest BCUT2D eigenvalue weighted by Gasteiger charge is -2.09. The van der Waals surface area contributed by atoms with Gasteiger partial charge in [0.1, 0.15) is 11.1 Å². The van der Waals surface area contributed by atoms with Crippen LogP contribution in [0.2, 0.25) is 0 Å². The molecule has 0 radical (unpaired) electrons. The van der Waals surface area contributed by atoms with Crippen molar-refractivity contribution in [1.29, 1.82) is 5.26 Å². The Hall–Kier alpha value is -1.80. The van der Waals surface area contributed by atoms with Crippen molar-refractivity contribution in [3.8, 4) is 6.07 Å². The van der Waals surface area contributed by atoms with Gasteiger partial charge in [0, 0.05) is 11.9 Å². The summed E-state index contributed by atoms with van der Waals surface area (Å²) in [6.07, 6.45) is 3.20. The third kappa shape index (κ3) is 3.11. The molecule has 0 aliphatic heterocycles. The van der Waals surface area contributed by atoms with Gasteiger partial charge in [-0.2, -0.15) is 5.26 Å². The molecule has 0 spiro atoms. The van der Waals surface area contributed by atoms with Gasteiger partial charge >= 0.3 is 5.97 Å². The summed E-state index contributed by atoms with van der Waals surface area (Å²) in [5, 5.41) is 9.77. The Kier molecular flexibility index (Phi) is 5.40. The molecule has 0 N–H and O–H groups in total. The van der Waals surface area contributed by atoms with Gasteiger partial charge in [-0.25, -0.2) is 9.78 Å². The van der Waals surface area contributed by atoms with Crippen LogP contribution in [0.4, 0.5) is 0 Å². The van der Waals surface area contributed by atoms with Crippen molar-refractivity contribution in [2.24, 2.45) is 0 Å². The second-order valence-electron chi connectivity index (χ2n) is 3.41. The smallest absolute Gasteiger partial charge is 0.340 e. The van der Waals surface area contributed by atoms with Gasteiger partial charge in [0.05, 0.1) is 17.7 Å². The van der Waals surface area contributed by atoms with E-state index in [2.05, 4.69) is 17.6 Å². The molecule has 94 valence electrons. The number of hydrogen-bond donors (Lipinski definition) is 0. The van der Waals surface area contributed by atoms with Crippen molar-refractivity contribution in [2.75, 3.05) is 12.4 Å². The number of nitrogens with zero attached hydrogens (tertiary/aromatic N) is 2. The van der Waals surface area contributed by atoms with Gasteiger partial charge in [-0.15, -0.1) is 18.3 Å². The van der Waals surface area contributed by atoms with Crippen LogP contribution in [0.3, 0.4) is 0 Å². The van der Waals surface area contributed by atoms with Crippen LogP contribution in [0.25, 0.3) is 0 Å². The molecule has 0 bridgehead atoms. The highest BCUT2D eigenvalue weighted by Gasteiger charge is 2.17. The zero-order valence-electron chi connectivity index (χ0n) is 10.4. The molecule has 0 fully saturated rings. The van der Waals surface area contributed by atoms with Crippen molar-refractivity contribution < 1.29 is 9.53 Å². The number of pyridine rings is 1. The molecule has 18 heavy (non-hydrogen) atoms. The van der Waals surface area contributed by atoms with Crippen LogP contribution in [0.5, 0.6) is 0 Å². The van der Waals surface area contributed by atoms with Crippen molar-refractivity contribution >= 4 is 17.7 Å². The van der Waals surface area contributed by atoms with E-state index in [4.69, 9.17) is 10.00 Å². The molecule has 0 aromatic carbocycles. The van der Waals surface area contributed by atoms with Gasteiger partial charge < -0.3 is 4.74 Å². The zero-order valence-corrected chi connectivity index (χ0v) is 11.2. The second-order valence-corrected chi connectivity index (χ2v) is 4.42. The second kappa shape index (κ2) is 6.82. The average molecular weight is 262 g/mol. The number of hydrogen-bond acceptors (Lipinski definition) is 5. The molecule has 4 nitrogen and oxygen atoms in total. The van der Waals surface area contributed by atoms with Gasteiger partial charge in [0.15, 0.2) is 0 Å². The van der Waals surface area contributed by atoms with E-state index in [1.165, 1.54) is 18.0 Å². The molecule has 0 saturated carbocycles. The normalized spacial score (nSPS) is 9.61. The Morgan fingerprint density at radius 2 is 2.44 bits per heavy atom. The highest BCUT2D eigenvalue weighted by Crippen LogP contribution is 2.24. The highest BCUT2D eigenvalue weighted by molar-refractivity contribution is 7.99. The molecule has 1 heterocycles. The van der Waals surface area contributed by atoms with Crippen LogP contribution >= 0.6 is 11.8 Å². The quantitative estimate of drug-likeness (QED) is 0.464. The van der Waals surface area contributed by atoms with Crippen LogP contribution in [0, 0.1) is 18.3 Å². The van der Waals surface area contributed by atoms with E-state index in [-0.39, 0.29) is 0 Å². The third-order valence-electron chi connectivity index (χ3n) is 2.25. The molecule has 0 unspecified atom stereocenters. The fourth-order valence-corrected chi connectivity index (χ4v) is 2.12. The van der Waals surface area contributed by atoms with Gasteiger partial charge in [-0.3, -0.25) is 0 Å². The number of rotatable bonds is 5. The van der Waals surface area contributed by atoms with Crippen LogP contribution < -0.4 is 0 Å². The fourth-order valence-electron chi connectivity index (χ4n) is 1.37. The molecular formula is C13H14N2O2S. The Bertz CT molecular complexity index is 506. The Morgan fingerprint density at radius 3 is 3.00 bits per heavy atom. The highest BCUT2D eigenvalue weighted by atomic mass is 32.2. The Labute approximate surface area is 111 Å². The number of thioether (sulfide) groups is 1. The molecule has 1 rings (SSSR count). The number of nitriles is 1. The number of ether oxygens (including phenoxy) is 1. The van der Waals surface area contributed by atoms with E-state index in [1.807, 2.05) is 0 Å². The average Bonchev–Trinajstić information content (AvgIpc) is 2.36. The minimum atomic E-state index is -0.445. The van der Waals surface area contributed by atoms with Gasteiger partial charge in [0.2, 0.25) is 0 Å². The maximum atomic E-state index is 11.7. The fraction of sp³-hybridized carbons (Fsp3) is 0.308. The molecular weight excluding hydrogens is 248 g/mol. The van der Waals surface area contributed by atoms with Crippen molar-refractivity contribution in [2.45, 2.75) is 18.9 Å². The van der Waals surface area contributed by atoms with Crippen molar-refractivity contribution in [3.63, 3.8) is 0 Å². The summed E-state index contributed by atoms with van der Waals surface area (Å²) in [6, 6.07) is 2.08. The maximum absolute atomic E-state index is 11.7. The summed E-state index contributed by atoms with van der Waals surface area (Å²) < 4.78 is 4.92. The molecule has 0 atom stereocenters. The lowest BCUT2D eigenvalue weighted by Crippen LogP contribution is -2.09. The monoisotopic (exact) mass is 262 g/mol. The summed E-state index contributed by atoms with van der Waals surface area (Å²) in [5.74, 6) is 0.221. The van der Waals surface area contributed by atoms with E-state index in [0.29, 0.717) is 34.1 Å². The van der Waals surface area contributed by atoms with Gasteiger partial charge in [0.25, 0.3) is 0 Å². The lowest BCUT2D eigenvalue weighted by atomic mass is 10.1. The number of carbonyl (C=O) groups excluding carboxylic acids is 1. The molecule has 0 aliphatic carbocycles. The van der Waals surface area contributed by atoms with Crippen molar-refractivity contribution in [1.82, 2.24) is 4.98 Å². The standard InChI is InChI=1S/C13H14N2O2S/c1-4-6-18-12-10(7-14)9(3)11(8-15-12)13(16)17-5-2/h4,8H,1,5-6H2,2-3H3. The van der Waals surface area contributed by atoms with Gasteiger partial charge in [-0.05, 0) is 19.4 Å². The van der Waals surface area contributed by atoms with E-state index in [9.17, 15) is 4.79 Å². The van der Waals surface area contributed by atoms with Gasteiger partial charge in [-0.1, -0.05) is 6.08 Å². The summed E-state index contributed by atoms with van der Waals surface area (Å²) in [5.41, 5.74) is 1.38. The first kappa shape index (κ1) is 14.3. The molecule has 1 aromatic rings. The molecule has 1 aromatic heterocycles. The molecule has 5 heteroatoms. The first-order chi connectivity index (χ1) is 8.65. The van der Waals surface area contributed by atoms with Crippen LogP contribution in [0.15, 0.2) is 23.9 Å². The summed E-state index contributed by atoms with van der Waals surface area (Å²) >= 11 is 1.42. The molecule has 0 saturated heterocycles. The van der Waals surface area contributed by atoms with E-state index < -0.39 is 5.97 Å². The van der Waals surface area contributed by atoms with E-state index in [0.717, 1.165) is 0 Å². The van der Waals surface area contributed by atoms with Crippen LogP contribution in [-0.4, -0.2) is 23.3 Å². The molecule has 0 aliphatic rings. The lowest BCUT2D eigenvalue weighted by molar-refractivity contribution is 0.0525. The van der Waals surface area contributed by atoms with Crippen LogP contribution in [0.1, 0.15) is 28.4 Å². The largest absolute Gasteiger partial charge is 0.462 e. The first-order valence-electron chi connectivity index (χ1n) is 5.46. The Morgan fingerprint density at radius 1 is 1.72 bits per heavy atom. The Balaban J connectivity index is 3.16. The number of carbonyl (C=O) groups is 1. The number of esters is 1. The van der Waals surface area contributed by atoms with Crippen LogP contribution in [-0.2, 0) is 4.74 Å². The minimum Gasteiger partial charge on any atom is -0.462 e. The number of aromatic nitrogens is 1. The first-order valence-corrected chi connectivity index (χ1v) is 6.44. The summed E-state index contributed by atoms with van der Waals surface area (Å²) in [7, 11) is 0. The predicted octanol–water partition coefficient (Wildman–Crippen LogP) is 2.72. The van der Waals surface area contributed by atoms with E-state index >= 15 is 0 Å². The van der Waals surface area contributed by atoms with Crippen molar-refractivity contribution in [3.05, 3.63) is 35.5 Å². The maximum Gasteiger partial charge on any atom is 0.340 e. The minimum absolute atomic E-state index is 0.299. The zero-order chi connectivity index (χ0) is 13.5. The van der Waals surface area contributed by atoms with E-state index in [1.54, 1.807) is 19.9 Å². The molecule has 0 amide bonds. The predicted molar refractivity (Wildman–Crippen MR) is 70.6 cm³/mol. The SMILES string of the molecule is C=CCSc1ncc(C(=O)OCC)c(C)c1C#N. The summed E-state index contributed by atoms with van der Waals surface area (Å²) in [6.45, 7) is 7.38. The topological polar surface area (TPSA) is 63.0 Å². The third-order valence-corrected chi connectivity index (χ3v) is 3.23. The summed E-state index contributed by atoms with van der Waals surface area (Å²) in [4.78, 5) is 15.8.